The molecule has 9 rings (SSSR count). The Bertz CT molecular complexity index is 2540. The molecule has 0 spiro atoms. The minimum Gasteiger partial charge on any atom is -0.310 e. The van der Waals surface area contributed by atoms with Crippen LogP contribution in [-0.2, 0) is 0 Å². The molecule has 1 aromatic heterocycles. The second kappa shape index (κ2) is 12.0. The summed E-state index contributed by atoms with van der Waals surface area (Å²) >= 11 is 1.88. The molecule has 9 aromatic rings. The number of rotatable bonds is 6. The quantitative estimate of drug-likeness (QED) is 0.177. The first-order valence-corrected chi connectivity index (χ1v) is 17.2. The van der Waals surface area contributed by atoms with Gasteiger partial charge in [0.15, 0.2) is 0 Å². The average molecular weight is 630 g/mol. The van der Waals surface area contributed by atoms with Gasteiger partial charge in [0.1, 0.15) is 0 Å². The molecule has 0 radical (unpaired) electrons. The third kappa shape index (κ3) is 5.04. The molecule has 0 N–H and O–H groups in total. The zero-order valence-corrected chi connectivity index (χ0v) is 27.1. The fourth-order valence-corrected chi connectivity index (χ4v) is 8.14. The van der Waals surface area contributed by atoms with E-state index >= 15 is 0 Å². The molecular formula is C46H31NS. The first-order chi connectivity index (χ1) is 23.8. The van der Waals surface area contributed by atoms with Crippen LogP contribution in [0, 0.1) is 0 Å². The Hall–Kier alpha value is -5.96. The largest absolute Gasteiger partial charge is 0.310 e. The van der Waals surface area contributed by atoms with Crippen LogP contribution in [0.25, 0.3) is 64.3 Å². The van der Waals surface area contributed by atoms with Crippen molar-refractivity contribution in [3.05, 3.63) is 188 Å². The van der Waals surface area contributed by atoms with E-state index in [1.807, 2.05) is 11.3 Å². The van der Waals surface area contributed by atoms with Crippen molar-refractivity contribution in [1.82, 2.24) is 0 Å². The van der Waals surface area contributed by atoms with Gasteiger partial charge in [-0.3, -0.25) is 0 Å². The lowest BCUT2D eigenvalue weighted by Crippen LogP contribution is -2.10. The van der Waals surface area contributed by atoms with E-state index in [-0.39, 0.29) is 0 Å². The van der Waals surface area contributed by atoms with Crippen molar-refractivity contribution in [1.29, 1.82) is 0 Å². The van der Waals surface area contributed by atoms with E-state index in [2.05, 4.69) is 193 Å². The SMILES string of the molecule is c1ccc(N(c2ccc(-c3ccc(-c4cccc(-c5cccc6c5sc5ccccc56)c4)cc3)cc2)c2cccc3ccccc23)cc1. The third-order valence-electron chi connectivity index (χ3n) is 9.28. The van der Waals surface area contributed by atoms with Gasteiger partial charge in [-0.15, -0.1) is 11.3 Å². The minimum atomic E-state index is 1.13. The summed E-state index contributed by atoms with van der Waals surface area (Å²) < 4.78 is 2.68. The second-order valence-electron chi connectivity index (χ2n) is 12.2. The van der Waals surface area contributed by atoms with Crippen LogP contribution in [0.2, 0.25) is 0 Å². The number of nitrogens with zero attached hydrogens (tertiary/aromatic N) is 1. The van der Waals surface area contributed by atoms with Crippen molar-refractivity contribution in [2.45, 2.75) is 0 Å². The second-order valence-corrected chi connectivity index (χ2v) is 13.2. The summed E-state index contributed by atoms with van der Waals surface area (Å²) in [6, 6.07) is 68.0. The monoisotopic (exact) mass is 629 g/mol. The Morgan fingerprint density at radius 2 is 0.917 bits per heavy atom. The number of hydrogen-bond donors (Lipinski definition) is 0. The lowest BCUT2D eigenvalue weighted by molar-refractivity contribution is 1.30. The van der Waals surface area contributed by atoms with Crippen molar-refractivity contribution in [3.63, 3.8) is 0 Å². The molecule has 0 unspecified atom stereocenters. The molecule has 0 amide bonds. The molecular weight excluding hydrogens is 599 g/mol. The number of benzene rings is 8. The summed E-state index contributed by atoms with van der Waals surface area (Å²) in [6.07, 6.45) is 0. The van der Waals surface area contributed by atoms with Crippen LogP contribution in [0.5, 0.6) is 0 Å². The van der Waals surface area contributed by atoms with Gasteiger partial charge in [-0.25, -0.2) is 0 Å². The molecule has 1 heterocycles. The van der Waals surface area contributed by atoms with Crippen LogP contribution in [0.4, 0.5) is 17.1 Å². The first-order valence-electron chi connectivity index (χ1n) is 16.3. The molecule has 8 aromatic carbocycles. The number of fused-ring (bicyclic) bond motifs is 4. The van der Waals surface area contributed by atoms with Crippen LogP contribution in [0.1, 0.15) is 0 Å². The highest BCUT2D eigenvalue weighted by Gasteiger charge is 2.15. The van der Waals surface area contributed by atoms with Gasteiger partial charge in [0, 0.05) is 36.9 Å². The van der Waals surface area contributed by atoms with Crippen molar-refractivity contribution >= 4 is 59.3 Å². The highest BCUT2D eigenvalue weighted by Crippen LogP contribution is 2.42. The lowest BCUT2D eigenvalue weighted by Gasteiger charge is -2.27. The normalized spacial score (nSPS) is 11.3. The van der Waals surface area contributed by atoms with Crippen LogP contribution in [0.3, 0.4) is 0 Å². The Balaban J connectivity index is 1.03. The molecule has 0 saturated carbocycles. The highest BCUT2D eigenvalue weighted by atomic mass is 32.1. The van der Waals surface area contributed by atoms with E-state index < -0.39 is 0 Å². The first kappa shape index (κ1) is 28.3. The Morgan fingerprint density at radius 1 is 0.354 bits per heavy atom. The van der Waals surface area contributed by atoms with Gasteiger partial charge < -0.3 is 4.90 Å². The van der Waals surface area contributed by atoms with E-state index in [4.69, 9.17) is 0 Å². The number of hydrogen-bond acceptors (Lipinski definition) is 2. The van der Waals surface area contributed by atoms with Gasteiger partial charge in [0.05, 0.1) is 5.69 Å². The van der Waals surface area contributed by atoms with Crippen molar-refractivity contribution in [2.75, 3.05) is 4.90 Å². The smallest absolute Gasteiger partial charge is 0.0540 e. The van der Waals surface area contributed by atoms with Crippen molar-refractivity contribution < 1.29 is 0 Å². The predicted molar refractivity (Wildman–Crippen MR) is 208 cm³/mol. The molecule has 0 bridgehead atoms. The molecule has 48 heavy (non-hydrogen) atoms. The molecule has 0 saturated heterocycles. The fourth-order valence-electron chi connectivity index (χ4n) is 6.91. The standard InChI is InChI=1S/C46H31NS/c1-2-15-38(16-3-1)47(44-21-9-12-35-11-4-5-17-40(35)44)39-29-27-33(28-30-39)32-23-25-34(26-24-32)36-13-8-14-37(31-36)41-19-10-20-43-42-18-6-7-22-45(42)48-46(41)43/h1-31H. The maximum absolute atomic E-state index is 2.35. The van der Waals surface area contributed by atoms with Gasteiger partial charge in [0.2, 0.25) is 0 Å². The Labute approximate surface area is 284 Å². The zero-order valence-electron chi connectivity index (χ0n) is 26.3. The molecule has 0 aliphatic carbocycles. The molecule has 0 fully saturated rings. The predicted octanol–water partition coefficient (Wildman–Crippen LogP) is 13.7. The fraction of sp³-hybridized carbons (Fsp3) is 0. The lowest BCUT2D eigenvalue weighted by atomic mass is 9.96. The van der Waals surface area contributed by atoms with Crippen LogP contribution >= 0.6 is 11.3 Å². The maximum Gasteiger partial charge on any atom is 0.0540 e. The molecule has 2 heteroatoms. The molecule has 1 nitrogen and oxygen atoms in total. The third-order valence-corrected chi connectivity index (χ3v) is 10.5. The van der Waals surface area contributed by atoms with Gasteiger partial charge in [-0.05, 0) is 81.2 Å². The molecule has 0 atom stereocenters. The van der Waals surface area contributed by atoms with Gasteiger partial charge in [-0.2, -0.15) is 0 Å². The van der Waals surface area contributed by atoms with E-state index in [1.54, 1.807) is 0 Å². The summed E-state index contributed by atoms with van der Waals surface area (Å²) in [6.45, 7) is 0. The summed E-state index contributed by atoms with van der Waals surface area (Å²) in [5, 5.41) is 5.13. The van der Waals surface area contributed by atoms with Crippen LogP contribution < -0.4 is 4.90 Å². The summed E-state index contributed by atoms with van der Waals surface area (Å²) in [5.74, 6) is 0. The summed E-state index contributed by atoms with van der Waals surface area (Å²) in [7, 11) is 0. The Morgan fingerprint density at radius 3 is 1.73 bits per heavy atom. The Kier molecular flexibility index (Phi) is 7.07. The van der Waals surface area contributed by atoms with E-state index in [1.165, 1.54) is 70.0 Å². The number of para-hydroxylation sites is 1. The van der Waals surface area contributed by atoms with Gasteiger partial charge >= 0.3 is 0 Å². The van der Waals surface area contributed by atoms with Gasteiger partial charge in [-0.1, -0.05) is 146 Å². The average Bonchev–Trinajstić information content (AvgIpc) is 3.55. The molecule has 226 valence electrons. The zero-order chi connectivity index (χ0) is 31.9. The topological polar surface area (TPSA) is 3.24 Å². The van der Waals surface area contributed by atoms with Gasteiger partial charge in [0.25, 0.3) is 0 Å². The summed E-state index contributed by atoms with van der Waals surface area (Å²) in [4.78, 5) is 2.35. The van der Waals surface area contributed by atoms with Crippen LogP contribution in [-0.4, -0.2) is 0 Å². The van der Waals surface area contributed by atoms with Crippen molar-refractivity contribution in [2.24, 2.45) is 0 Å². The van der Waals surface area contributed by atoms with Crippen molar-refractivity contribution in [3.8, 4) is 33.4 Å². The number of thiophene rings is 1. The summed E-state index contributed by atoms with van der Waals surface area (Å²) in [5.41, 5.74) is 10.8. The molecule has 0 aliphatic heterocycles. The van der Waals surface area contributed by atoms with E-state index in [0.29, 0.717) is 0 Å². The highest BCUT2D eigenvalue weighted by molar-refractivity contribution is 7.26. The van der Waals surface area contributed by atoms with E-state index in [9.17, 15) is 0 Å². The minimum absolute atomic E-state index is 1.13. The van der Waals surface area contributed by atoms with Crippen LogP contribution in [0.15, 0.2) is 188 Å². The maximum atomic E-state index is 2.35. The molecule has 0 aliphatic rings. The van der Waals surface area contributed by atoms with E-state index in [0.717, 1.165) is 11.4 Å². The number of anilines is 3.